The van der Waals surface area contributed by atoms with Crippen molar-refractivity contribution in [3.63, 3.8) is 0 Å². The van der Waals surface area contributed by atoms with Gasteiger partial charge in [-0.15, -0.1) is 0 Å². The Morgan fingerprint density at radius 3 is 2.32 bits per heavy atom. The number of hydrogen-bond donors (Lipinski definition) is 3. The average molecular weight is 343 g/mol. The third-order valence-corrected chi connectivity index (χ3v) is 3.54. The number of nitrogens with one attached hydrogen (secondary N) is 2. The molecule has 2 aromatic rings. The molecule has 2 amide bonds. The normalized spacial score (nSPS) is 11.9. The SMILES string of the molecule is CC(C)C[C@H](N)C(=O)Nc1cccc(C(=O)Nc2cccc(F)c2)c1. The number of carbonyl (C=O) groups is 2. The molecule has 4 N–H and O–H groups in total. The van der Waals surface area contributed by atoms with E-state index in [1.165, 1.54) is 18.2 Å². The first-order valence-electron chi connectivity index (χ1n) is 8.08. The number of carbonyl (C=O) groups excluding carboxylic acids is 2. The molecule has 0 saturated heterocycles. The molecular weight excluding hydrogens is 321 g/mol. The van der Waals surface area contributed by atoms with E-state index in [0.29, 0.717) is 29.3 Å². The maximum atomic E-state index is 13.2. The minimum Gasteiger partial charge on any atom is -0.325 e. The van der Waals surface area contributed by atoms with Crippen molar-refractivity contribution in [1.29, 1.82) is 0 Å². The molecule has 2 aromatic carbocycles. The van der Waals surface area contributed by atoms with E-state index < -0.39 is 17.8 Å². The van der Waals surface area contributed by atoms with Crippen LogP contribution in [0.15, 0.2) is 48.5 Å². The second kappa shape index (κ2) is 8.39. The highest BCUT2D eigenvalue weighted by Crippen LogP contribution is 2.15. The Hall–Kier alpha value is -2.73. The van der Waals surface area contributed by atoms with Crippen LogP contribution in [0.3, 0.4) is 0 Å². The van der Waals surface area contributed by atoms with Crippen LogP contribution in [0.4, 0.5) is 15.8 Å². The summed E-state index contributed by atoms with van der Waals surface area (Å²) in [6.45, 7) is 3.98. The van der Waals surface area contributed by atoms with Gasteiger partial charge in [0.1, 0.15) is 5.82 Å². The van der Waals surface area contributed by atoms with E-state index >= 15 is 0 Å². The fourth-order valence-electron chi connectivity index (χ4n) is 2.36. The van der Waals surface area contributed by atoms with Crippen LogP contribution >= 0.6 is 0 Å². The molecule has 1 atom stereocenters. The first-order valence-corrected chi connectivity index (χ1v) is 8.08. The van der Waals surface area contributed by atoms with Crippen molar-refractivity contribution in [2.45, 2.75) is 26.3 Å². The number of halogens is 1. The molecule has 5 nitrogen and oxygen atoms in total. The van der Waals surface area contributed by atoms with E-state index in [9.17, 15) is 14.0 Å². The largest absolute Gasteiger partial charge is 0.325 e. The van der Waals surface area contributed by atoms with Gasteiger partial charge in [0.15, 0.2) is 0 Å². The Labute approximate surface area is 146 Å². The molecule has 25 heavy (non-hydrogen) atoms. The van der Waals surface area contributed by atoms with E-state index in [-0.39, 0.29) is 5.91 Å². The number of benzene rings is 2. The van der Waals surface area contributed by atoms with Crippen molar-refractivity contribution in [3.05, 3.63) is 59.9 Å². The molecular formula is C19H22FN3O2. The van der Waals surface area contributed by atoms with Gasteiger partial charge < -0.3 is 16.4 Å². The summed E-state index contributed by atoms with van der Waals surface area (Å²) < 4.78 is 13.2. The molecule has 0 bridgehead atoms. The van der Waals surface area contributed by atoms with E-state index in [1.54, 1.807) is 30.3 Å². The first-order chi connectivity index (χ1) is 11.8. The molecule has 0 radical (unpaired) electrons. The summed E-state index contributed by atoms with van der Waals surface area (Å²) in [5, 5.41) is 5.32. The molecule has 0 unspecified atom stereocenters. The maximum absolute atomic E-state index is 13.2. The fraction of sp³-hybridized carbons (Fsp3) is 0.263. The van der Waals surface area contributed by atoms with Gasteiger partial charge in [0.25, 0.3) is 5.91 Å². The number of anilines is 2. The third kappa shape index (κ3) is 5.69. The van der Waals surface area contributed by atoms with Crippen LogP contribution in [0.1, 0.15) is 30.6 Å². The molecule has 0 aliphatic carbocycles. The molecule has 132 valence electrons. The lowest BCUT2D eigenvalue weighted by Gasteiger charge is -2.14. The van der Waals surface area contributed by atoms with Crippen molar-refractivity contribution in [1.82, 2.24) is 0 Å². The second-order valence-corrected chi connectivity index (χ2v) is 6.27. The number of amides is 2. The Balaban J connectivity index is 2.05. The van der Waals surface area contributed by atoms with Crippen molar-refractivity contribution in [2.24, 2.45) is 11.7 Å². The summed E-state index contributed by atoms with van der Waals surface area (Å²) in [7, 11) is 0. The smallest absolute Gasteiger partial charge is 0.255 e. The van der Waals surface area contributed by atoms with Gasteiger partial charge >= 0.3 is 0 Å². The van der Waals surface area contributed by atoms with Crippen LogP contribution in [0.25, 0.3) is 0 Å². The zero-order chi connectivity index (χ0) is 18.4. The second-order valence-electron chi connectivity index (χ2n) is 6.27. The predicted octanol–water partition coefficient (Wildman–Crippen LogP) is 3.39. The van der Waals surface area contributed by atoms with E-state index in [1.807, 2.05) is 13.8 Å². The maximum Gasteiger partial charge on any atom is 0.255 e. The molecule has 0 aliphatic rings. The highest BCUT2D eigenvalue weighted by molar-refractivity contribution is 6.05. The zero-order valence-electron chi connectivity index (χ0n) is 14.3. The molecule has 2 rings (SSSR count). The van der Waals surface area contributed by atoms with Crippen molar-refractivity contribution in [2.75, 3.05) is 10.6 Å². The third-order valence-electron chi connectivity index (χ3n) is 3.54. The Bertz CT molecular complexity index is 762. The molecule has 0 aliphatic heterocycles. The highest BCUT2D eigenvalue weighted by Gasteiger charge is 2.15. The summed E-state index contributed by atoms with van der Waals surface area (Å²) in [6, 6.07) is 11.5. The molecule has 0 fully saturated rings. The lowest BCUT2D eigenvalue weighted by atomic mass is 10.0. The molecule has 0 spiro atoms. The van der Waals surface area contributed by atoms with Crippen LogP contribution < -0.4 is 16.4 Å². The molecule has 0 saturated carbocycles. The zero-order valence-corrected chi connectivity index (χ0v) is 14.3. The van der Waals surface area contributed by atoms with Gasteiger partial charge in [0.05, 0.1) is 6.04 Å². The lowest BCUT2D eigenvalue weighted by molar-refractivity contribution is -0.117. The first kappa shape index (κ1) is 18.6. The van der Waals surface area contributed by atoms with E-state index in [0.717, 1.165) is 0 Å². The van der Waals surface area contributed by atoms with Crippen LogP contribution in [0.2, 0.25) is 0 Å². The van der Waals surface area contributed by atoms with Crippen molar-refractivity contribution in [3.8, 4) is 0 Å². The quantitative estimate of drug-likeness (QED) is 0.752. The Kier molecular flexibility index (Phi) is 6.25. The average Bonchev–Trinajstić information content (AvgIpc) is 2.54. The molecule has 0 heterocycles. The topological polar surface area (TPSA) is 84.2 Å². The van der Waals surface area contributed by atoms with E-state index in [4.69, 9.17) is 5.73 Å². The van der Waals surface area contributed by atoms with Crippen LogP contribution in [-0.2, 0) is 4.79 Å². The van der Waals surface area contributed by atoms with Gasteiger partial charge in [-0.25, -0.2) is 4.39 Å². The van der Waals surface area contributed by atoms with Crippen LogP contribution in [0, 0.1) is 11.7 Å². The van der Waals surface area contributed by atoms with Gasteiger partial charge in [-0.1, -0.05) is 26.0 Å². The van der Waals surface area contributed by atoms with Gasteiger partial charge in [0, 0.05) is 16.9 Å². The van der Waals surface area contributed by atoms with Gasteiger partial charge in [-0.2, -0.15) is 0 Å². The van der Waals surface area contributed by atoms with E-state index in [2.05, 4.69) is 10.6 Å². The summed E-state index contributed by atoms with van der Waals surface area (Å²) >= 11 is 0. The molecule has 6 heteroatoms. The number of rotatable bonds is 6. The summed E-state index contributed by atoms with van der Waals surface area (Å²) in [4.78, 5) is 24.4. The standard InChI is InChI=1S/C19H22FN3O2/c1-12(2)9-17(21)19(25)23-15-7-3-5-13(10-15)18(24)22-16-8-4-6-14(20)11-16/h3-8,10-12,17H,9,21H2,1-2H3,(H,22,24)(H,23,25)/t17-/m0/s1. The van der Waals surface area contributed by atoms with Crippen molar-refractivity contribution >= 4 is 23.2 Å². The number of nitrogens with two attached hydrogens (primary N) is 1. The number of hydrogen-bond acceptors (Lipinski definition) is 3. The minimum absolute atomic E-state index is 0.295. The van der Waals surface area contributed by atoms with Crippen LogP contribution in [-0.4, -0.2) is 17.9 Å². The van der Waals surface area contributed by atoms with Crippen LogP contribution in [0.5, 0.6) is 0 Å². The summed E-state index contributed by atoms with van der Waals surface area (Å²) in [5.41, 5.74) is 7.04. The molecule has 0 aromatic heterocycles. The van der Waals surface area contributed by atoms with Crippen molar-refractivity contribution < 1.29 is 14.0 Å². The lowest BCUT2D eigenvalue weighted by Crippen LogP contribution is -2.36. The minimum atomic E-state index is -0.607. The monoisotopic (exact) mass is 343 g/mol. The predicted molar refractivity (Wildman–Crippen MR) is 96.9 cm³/mol. The van der Waals surface area contributed by atoms with Gasteiger partial charge in [-0.05, 0) is 48.7 Å². The summed E-state index contributed by atoms with van der Waals surface area (Å²) in [5.74, 6) is -0.813. The van der Waals surface area contributed by atoms with Gasteiger partial charge in [-0.3, -0.25) is 9.59 Å². The fourth-order valence-corrected chi connectivity index (χ4v) is 2.36. The van der Waals surface area contributed by atoms with Gasteiger partial charge in [0.2, 0.25) is 5.91 Å². The highest BCUT2D eigenvalue weighted by atomic mass is 19.1. The Morgan fingerprint density at radius 2 is 1.68 bits per heavy atom. The Morgan fingerprint density at radius 1 is 1.04 bits per heavy atom. The summed E-state index contributed by atoms with van der Waals surface area (Å²) in [6.07, 6.45) is 0.575.